The maximum Gasteiger partial charge on any atom is 0.298 e. The number of nitrogens with zero attached hydrogens (tertiary/aromatic N) is 3. The molecule has 0 saturated heterocycles. The second kappa shape index (κ2) is 12.4. The predicted molar refractivity (Wildman–Crippen MR) is 138 cm³/mol. The molecule has 0 fully saturated rings. The van der Waals surface area contributed by atoms with Crippen LogP contribution in [0.15, 0.2) is 102 Å². The first-order valence-electron chi connectivity index (χ1n) is 10.4. The van der Waals surface area contributed by atoms with Crippen LogP contribution in [0.1, 0.15) is 33.4 Å². The molecule has 0 N–H and O–H groups in total. The molecule has 3 aromatic carbocycles. The Morgan fingerprint density at radius 1 is 0.833 bits per heavy atom. The largest absolute Gasteiger partial charge is 0.298 e. The molecule has 1 aromatic heterocycles. The highest BCUT2D eigenvalue weighted by molar-refractivity contribution is 7.86. The lowest BCUT2D eigenvalue weighted by molar-refractivity contribution is 0.0801. The monoisotopic (exact) mass is 563 g/mol. The van der Waals surface area contributed by atoms with Gasteiger partial charge in [-0.1, -0.05) is 113 Å². The van der Waals surface area contributed by atoms with E-state index >= 15 is 0 Å². The molecule has 1 atom stereocenters. The number of carbonyl (C=O) groups excluding carboxylic acids is 1. The average molecular weight is 565 g/mol. The Hall–Kier alpha value is -2.88. The molecule has 1 heterocycles. The third-order valence-corrected chi connectivity index (χ3v) is 6.48. The first-order chi connectivity index (χ1) is 17.1. The Morgan fingerprint density at radius 2 is 1.36 bits per heavy atom. The van der Waals surface area contributed by atoms with E-state index in [1.807, 2.05) is 6.92 Å². The first-order valence-corrected chi connectivity index (χ1v) is 13.0. The molecule has 0 amide bonds. The fraction of sp³-hybridized carbons (Fsp3) is 0.120. The topological polar surface area (TPSA) is 99.1 Å². The maximum absolute atomic E-state index is 12.9. The van der Waals surface area contributed by atoms with E-state index in [0.29, 0.717) is 11.1 Å². The van der Waals surface area contributed by atoms with Gasteiger partial charge in [-0.15, -0.1) is 0 Å². The highest BCUT2D eigenvalue weighted by Gasteiger charge is 2.30. The van der Waals surface area contributed by atoms with Crippen molar-refractivity contribution in [2.75, 3.05) is 0 Å². The van der Waals surface area contributed by atoms with Gasteiger partial charge in [-0.3, -0.25) is 4.79 Å². The van der Waals surface area contributed by atoms with E-state index in [2.05, 4.69) is 15.0 Å². The summed E-state index contributed by atoms with van der Waals surface area (Å²) in [5.74, 6) is -0.278. The van der Waals surface area contributed by atoms with Gasteiger partial charge >= 0.3 is 0 Å². The van der Waals surface area contributed by atoms with Gasteiger partial charge in [0.1, 0.15) is 12.7 Å². The van der Waals surface area contributed by atoms with Crippen LogP contribution in [0.3, 0.4) is 0 Å². The Morgan fingerprint density at radius 3 is 1.86 bits per heavy atom. The molecule has 11 heteroatoms. The number of aryl methyl sites for hydroxylation is 1. The Labute approximate surface area is 224 Å². The van der Waals surface area contributed by atoms with Crippen molar-refractivity contribution in [2.45, 2.75) is 21.7 Å². The second-order valence-electron chi connectivity index (χ2n) is 7.34. The zero-order valence-electron chi connectivity index (χ0n) is 18.8. The van der Waals surface area contributed by atoms with Crippen LogP contribution in [0, 0.1) is 6.92 Å². The number of benzene rings is 3. The number of aromatic nitrogens is 3. The molecule has 186 valence electrons. The van der Waals surface area contributed by atoms with E-state index in [0.717, 1.165) is 5.56 Å². The van der Waals surface area contributed by atoms with Crippen LogP contribution >= 0.6 is 34.8 Å². The minimum atomic E-state index is -4.10. The number of ketones is 1. The summed E-state index contributed by atoms with van der Waals surface area (Å²) in [5.41, 5.74) is 1.81. The van der Waals surface area contributed by atoms with E-state index in [4.69, 9.17) is 39.0 Å². The van der Waals surface area contributed by atoms with Crippen LogP contribution in [0.25, 0.3) is 0 Å². The van der Waals surface area contributed by atoms with Gasteiger partial charge in [0.05, 0.1) is 4.90 Å². The summed E-state index contributed by atoms with van der Waals surface area (Å²) in [4.78, 5) is 23.8. The van der Waals surface area contributed by atoms with Gasteiger partial charge in [0, 0.05) is 5.56 Å². The van der Waals surface area contributed by atoms with E-state index in [1.54, 1.807) is 72.8 Å². The summed E-state index contributed by atoms with van der Waals surface area (Å²) in [5, 5.41) is 0. The summed E-state index contributed by atoms with van der Waals surface area (Å²) >= 11 is 16.3. The summed E-state index contributed by atoms with van der Waals surface area (Å²) in [6, 6.07) is 23.5. The van der Waals surface area contributed by atoms with Crippen LogP contribution in [0.2, 0.25) is 0 Å². The third kappa shape index (κ3) is 7.81. The van der Waals surface area contributed by atoms with Gasteiger partial charge < -0.3 is 0 Å². The molecule has 0 radical (unpaired) electrons. The first kappa shape index (κ1) is 27.7. The minimum absolute atomic E-state index is 0.0184. The average Bonchev–Trinajstić information content (AvgIpc) is 2.89. The minimum Gasteiger partial charge on any atom is -0.291 e. The van der Waals surface area contributed by atoms with Gasteiger partial charge in [-0.2, -0.15) is 8.42 Å². The second-order valence-corrected chi connectivity index (χ2v) is 11.2. The van der Waals surface area contributed by atoms with Gasteiger partial charge in [-0.25, -0.2) is 19.1 Å². The molecule has 0 aliphatic carbocycles. The van der Waals surface area contributed by atoms with Crippen LogP contribution < -0.4 is 0 Å². The molecule has 7 nitrogen and oxygen atoms in total. The number of carbonyl (C=O) groups is 1. The number of hydrogen-bond acceptors (Lipinski definition) is 7. The van der Waals surface area contributed by atoms with E-state index in [1.165, 1.54) is 24.8 Å². The molecule has 0 saturated carbocycles. The van der Waals surface area contributed by atoms with Crippen molar-refractivity contribution in [2.24, 2.45) is 0 Å². The molecular formula is C25H20Cl3N3O4S. The number of halogens is 3. The van der Waals surface area contributed by atoms with E-state index in [9.17, 15) is 13.2 Å². The van der Waals surface area contributed by atoms with Crippen molar-refractivity contribution in [3.05, 3.63) is 120 Å². The predicted octanol–water partition coefficient (Wildman–Crippen LogP) is 6.02. The molecule has 0 aliphatic heterocycles. The summed E-state index contributed by atoms with van der Waals surface area (Å²) in [6.07, 6.45) is 1.29. The molecule has 36 heavy (non-hydrogen) atoms. The van der Waals surface area contributed by atoms with Crippen LogP contribution in [0.5, 0.6) is 0 Å². The lowest BCUT2D eigenvalue weighted by Crippen LogP contribution is -2.20. The molecule has 4 aromatic rings. The fourth-order valence-electron chi connectivity index (χ4n) is 2.90. The number of alkyl halides is 3. The molecule has 0 bridgehead atoms. The van der Waals surface area contributed by atoms with Crippen molar-refractivity contribution in [1.29, 1.82) is 0 Å². The Bertz CT molecular complexity index is 1370. The SMILES string of the molecule is Cc1ccc(S(=O)(=O)OC(C(=O)c2ccccc2)c2ccccc2)cc1.ClC(Cl)(Cl)c1ncncn1. The van der Waals surface area contributed by atoms with Crippen molar-refractivity contribution < 1.29 is 17.4 Å². The summed E-state index contributed by atoms with van der Waals surface area (Å²) in [6.45, 7) is 1.86. The Balaban J connectivity index is 0.000000303. The van der Waals surface area contributed by atoms with Gasteiger partial charge in [0.25, 0.3) is 10.1 Å². The smallest absolute Gasteiger partial charge is 0.291 e. The van der Waals surface area contributed by atoms with Crippen molar-refractivity contribution in [3.63, 3.8) is 0 Å². The van der Waals surface area contributed by atoms with Crippen LogP contribution in [-0.4, -0.2) is 29.2 Å². The molecule has 1 unspecified atom stereocenters. The zero-order valence-corrected chi connectivity index (χ0v) is 21.9. The zero-order chi connectivity index (χ0) is 26.2. The fourth-order valence-corrected chi connectivity index (χ4v) is 4.23. The molecule has 0 spiro atoms. The van der Waals surface area contributed by atoms with E-state index < -0.39 is 25.8 Å². The summed E-state index contributed by atoms with van der Waals surface area (Å²) < 4.78 is 29.2. The maximum atomic E-state index is 12.9. The van der Waals surface area contributed by atoms with Crippen LogP contribution in [-0.2, 0) is 18.1 Å². The van der Waals surface area contributed by atoms with E-state index in [-0.39, 0.29) is 10.7 Å². The van der Waals surface area contributed by atoms with Crippen molar-refractivity contribution in [1.82, 2.24) is 15.0 Å². The molecule has 0 aliphatic rings. The van der Waals surface area contributed by atoms with Crippen LogP contribution in [0.4, 0.5) is 0 Å². The Kier molecular flexibility index (Phi) is 9.53. The number of rotatable bonds is 6. The van der Waals surface area contributed by atoms with Crippen molar-refractivity contribution in [3.8, 4) is 0 Å². The number of hydrogen-bond donors (Lipinski definition) is 0. The quantitative estimate of drug-likeness (QED) is 0.160. The lowest BCUT2D eigenvalue weighted by Gasteiger charge is -2.17. The lowest BCUT2D eigenvalue weighted by atomic mass is 10.0. The van der Waals surface area contributed by atoms with Gasteiger partial charge in [-0.05, 0) is 24.6 Å². The van der Waals surface area contributed by atoms with Crippen molar-refractivity contribution >= 4 is 50.7 Å². The third-order valence-electron chi connectivity index (χ3n) is 4.68. The highest BCUT2D eigenvalue weighted by Crippen LogP contribution is 2.35. The molecular weight excluding hydrogens is 545 g/mol. The summed E-state index contributed by atoms with van der Waals surface area (Å²) in [7, 11) is -4.10. The van der Waals surface area contributed by atoms with Gasteiger partial charge in [0.15, 0.2) is 17.7 Å². The molecule has 4 rings (SSSR count). The van der Waals surface area contributed by atoms with Gasteiger partial charge in [0.2, 0.25) is 3.79 Å². The number of Topliss-reactive ketones (excluding diaryl/α,β-unsaturated/α-hetero) is 1. The highest BCUT2D eigenvalue weighted by atomic mass is 35.6. The normalized spacial score (nSPS) is 12.2. The standard InChI is InChI=1S/C21H18O4S.C4H2Cl3N3/c1-16-12-14-19(15-13-16)26(23,24)25-21(18-10-6-3-7-11-18)20(22)17-8-4-2-5-9-17;5-4(6,7)3-9-1-8-2-10-3/h2-15,21H,1H3;1-2H.